The number of aromatic amines is 1. The van der Waals surface area contributed by atoms with E-state index in [9.17, 15) is 4.79 Å². The van der Waals surface area contributed by atoms with Gasteiger partial charge >= 0.3 is 0 Å². The zero-order valence-corrected chi connectivity index (χ0v) is 11.8. The van der Waals surface area contributed by atoms with Crippen molar-refractivity contribution in [3.63, 3.8) is 0 Å². The molecule has 0 aliphatic rings. The predicted octanol–water partition coefficient (Wildman–Crippen LogP) is 3.87. The highest BCUT2D eigenvalue weighted by molar-refractivity contribution is 7.17. The van der Waals surface area contributed by atoms with E-state index in [1.807, 2.05) is 36.6 Å². The number of benzene rings is 1. The number of H-pyrrole nitrogens is 1. The van der Waals surface area contributed by atoms with Crippen LogP contribution in [0.2, 0.25) is 5.02 Å². The third kappa shape index (κ3) is 2.07. The number of nitrogens with one attached hydrogen (secondary N) is 1. The summed E-state index contributed by atoms with van der Waals surface area (Å²) in [7, 11) is 0. The topological polar surface area (TPSA) is 45.8 Å². The molecular formula is C14H11ClN2OS. The van der Waals surface area contributed by atoms with Crippen molar-refractivity contribution in [2.45, 2.75) is 13.3 Å². The first-order valence-electron chi connectivity index (χ1n) is 5.96. The molecule has 1 aromatic carbocycles. The maximum absolute atomic E-state index is 12.2. The zero-order valence-electron chi connectivity index (χ0n) is 10.2. The Balaban J connectivity index is 2.33. The fourth-order valence-corrected chi connectivity index (χ4v) is 3.23. The molecule has 0 atom stereocenters. The first-order chi connectivity index (χ1) is 9.20. The molecule has 0 aliphatic heterocycles. The smallest absolute Gasteiger partial charge is 0.260 e. The summed E-state index contributed by atoms with van der Waals surface area (Å²) in [6.45, 7) is 1.96. The summed E-state index contributed by atoms with van der Waals surface area (Å²) >= 11 is 7.67. The van der Waals surface area contributed by atoms with Crippen LogP contribution in [0, 0.1) is 0 Å². The van der Waals surface area contributed by atoms with Gasteiger partial charge in [-0.1, -0.05) is 36.7 Å². The Labute approximate surface area is 118 Å². The van der Waals surface area contributed by atoms with E-state index in [4.69, 9.17) is 11.6 Å². The fourth-order valence-electron chi connectivity index (χ4n) is 2.04. The molecule has 0 bridgehead atoms. The maximum atomic E-state index is 12.2. The number of hydrogen-bond acceptors (Lipinski definition) is 3. The summed E-state index contributed by atoms with van der Waals surface area (Å²) in [4.78, 5) is 20.2. The Bertz CT molecular complexity index is 807. The van der Waals surface area contributed by atoms with Gasteiger partial charge in [-0.25, -0.2) is 4.98 Å². The van der Waals surface area contributed by atoms with Crippen molar-refractivity contribution >= 4 is 33.2 Å². The molecule has 0 fully saturated rings. The number of aromatic nitrogens is 2. The van der Waals surface area contributed by atoms with Gasteiger partial charge in [-0.3, -0.25) is 4.79 Å². The van der Waals surface area contributed by atoms with E-state index in [0.717, 1.165) is 16.0 Å². The Kier molecular flexibility index (Phi) is 3.12. The minimum atomic E-state index is -0.0991. The van der Waals surface area contributed by atoms with Gasteiger partial charge in [0.05, 0.1) is 5.39 Å². The molecule has 1 N–H and O–H groups in total. The van der Waals surface area contributed by atoms with Crippen LogP contribution in [-0.4, -0.2) is 9.97 Å². The van der Waals surface area contributed by atoms with Gasteiger partial charge in [0.1, 0.15) is 10.7 Å². The number of halogens is 1. The monoisotopic (exact) mass is 290 g/mol. The minimum absolute atomic E-state index is 0.0991. The number of thiophene rings is 1. The van der Waals surface area contributed by atoms with Crippen LogP contribution < -0.4 is 5.56 Å². The van der Waals surface area contributed by atoms with E-state index < -0.39 is 0 Å². The third-order valence-corrected chi connectivity index (χ3v) is 4.19. The highest BCUT2D eigenvalue weighted by Crippen LogP contribution is 2.34. The number of nitrogens with zero attached hydrogens (tertiary/aromatic N) is 1. The number of hydrogen-bond donors (Lipinski definition) is 1. The van der Waals surface area contributed by atoms with E-state index >= 15 is 0 Å². The molecule has 0 saturated heterocycles. The summed E-state index contributed by atoms with van der Waals surface area (Å²) in [5, 5.41) is 3.20. The largest absolute Gasteiger partial charge is 0.310 e. The van der Waals surface area contributed by atoms with Crippen molar-refractivity contribution in [1.29, 1.82) is 0 Å². The SMILES string of the molecule is CCc1nc2scc(-c3ccccc3Cl)c2c(=O)[nH]1. The Hall–Kier alpha value is -1.65. The highest BCUT2D eigenvalue weighted by atomic mass is 35.5. The lowest BCUT2D eigenvalue weighted by Gasteiger charge is -2.02. The molecular weight excluding hydrogens is 280 g/mol. The van der Waals surface area contributed by atoms with Gasteiger partial charge in [-0.2, -0.15) is 0 Å². The molecule has 96 valence electrons. The molecule has 0 aliphatic carbocycles. The molecule has 19 heavy (non-hydrogen) atoms. The summed E-state index contributed by atoms with van der Waals surface area (Å²) in [6.07, 6.45) is 0.713. The normalized spacial score (nSPS) is 11.1. The van der Waals surface area contributed by atoms with E-state index in [1.54, 1.807) is 0 Å². The third-order valence-electron chi connectivity index (χ3n) is 2.99. The van der Waals surface area contributed by atoms with E-state index in [0.29, 0.717) is 22.7 Å². The molecule has 3 aromatic rings. The van der Waals surface area contributed by atoms with Crippen molar-refractivity contribution in [1.82, 2.24) is 9.97 Å². The van der Waals surface area contributed by atoms with Crippen molar-refractivity contribution in [3.05, 3.63) is 50.8 Å². The van der Waals surface area contributed by atoms with Crippen LogP contribution >= 0.6 is 22.9 Å². The number of rotatable bonds is 2. The lowest BCUT2D eigenvalue weighted by atomic mass is 10.1. The second-order valence-corrected chi connectivity index (χ2v) is 5.44. The quantitative estimate of drug-likeness (QED) is 0.779. The van der Waals surface area contributed by atoms with Crippen molar-refractivity contribution in [3.8, 4) is 11.1 Å². The fraction of sp³-hybridized carbons (Fsp3) is 0.143. The van der Waals surface area contributed by atoms with Gasteiger partial charge < -0.3 is 4.98 Å². The van der Waals surface area contributed by atoms with Crippen LogP contribution in [0.3, 0.4) is 0 Å². The zero-order chi connectivity index (χ0) is 13.4. The van der Waals surface area contributed by atoms with Gasteiger partial charge in [0.2, 0.25) is 0 Å². The van der Waals surface area contributed by atoms with Crippen LogP contribution in [0.1, 0.15) is 12.7 Å². The maximum Gasteiger partial charge on any atom is 0.260 e. The van der Waals surface area contributed by atoms with E-state index in [-0.39, 0.29) is 5.56 Å². The molecule has 0 saturated carbocycles. The Morgan fingerprint density at radius 1 is 1.32 bits per heavy atom. The van der Waals surface area contributed by atoms with Crippen LogP contribution in [0.5, 0.6) is 0 Å². The second kappa shape index (κ2) is 4.79. The molecule has 0 spiro atoms. The highest BCUT2D eigenvalue weighted by Gasteiger charge is 2.14. The van der Waals surface area contributed by atoms with Gasteiger partial charge in [0.15, 0.2) is 0 Å². The lowest BCUT2D eigenvalue weighted by molar-refractivity contribution is 0.948. The molecule has 0 unspecified atom stereocenters. The van der Waals surface area contributed by atoms with Crippen LogP contribution in [0.25, 0.3) is 21.3 Å². The minimum Gasteiger partial charge on any atom is -0.310 e. The number of aryl methyl sites for hydroxylation is 1. The van der Waals surface area contributed by atoms with E-state index in [2.05, 4.69) is 9.97 Å². The predicted molar refractivity (Wildman–Crippen MR) is 80.1 cm³/mol. The summed E-state index contributed by atoms with van der Waals surface area (Å²) in [5.74, 6) is 0.713. The van der Waals surface area contributed by atoms with Crippen molar-refractivity contribution in [2.75, 3.05) is 0 Å². The molecule has 0 amide bonds. The van der Waals surface area contributed by atoms with Gasteiger partial charge in [-0.15, -0.1) is 11.3 Å². The van der Waals surface area contributed by atoms with Crippen molar-refractivity contribution < 1.29 is 0 Å². The van der Waals surface area contributed by atoms with Gasteiger partial charge in [-0.05, 0) is 6.07 Å². The standard InChI is InChI=1S/C14H11ClN2OS/c1-2-11-16-13(18)12-9(7-19-14(12)17-11)8-5-3-4-6-10(8)15/h3-7H,2H2,1H3,(H,16,17,18). The first-order valence-corrected chi connectivity index (χ1v) is 7.21. The Morgan fingerprint density at radius 3 is 2.84 bits per heavy atom. The average Bonchev–Trinajstić information content (AvgIpc) is 2.83. The molecule has 0 radical (unpaired) electrons. The van der Waals surface area contributed by atoms with Crippen LogP contribution in [-0.2, 0) is 6.42 Å². The molecule has 3 rings (SSSR count). The molecule has 3 nitrogen and oxygen atoms in total. The first kappa shape index (κ1) is 12.4. The van der Waals surface area contributed by atoms with Crippen LogP contribution in [0.4, 0.5) is 0 Å². The van der Waals surface area contributed by atoms with Gasteiger partial charge in [0.25, 0.3) is 5.56 Å². The second-order valence-electron chi connectivity index (χ2n) is 4.18. The van der Waals surface area contributed by atoms with Gasteiger partial charge in [0, 0.05) is 28.0 Å². The molecule has 5 heteroatoms. The average molecular weight is 291 g/mol. The molecule has 2 heterocycles. The van der Waals surface area contributed by atoms with Crippen molar-refractivity contribution in [2.24, 2.45) is 0 Å². The molecule has 2 aromatic heterocycles. The van der Waals surface area contributed by atoms with Crippen LogP contribution in [0.15, 0.2) is 34.4 Å². The number of fused-ring (bicyclic) bond motifs is 1. The van der Waals surface area contributed by atoms with E-state index in [1.165, 1.54) is 11.3 Å². The lowest BCUT2D eigenvalue weighted by Crippen LogP contribution is -2.10. The summed E-state index contributed by atoms with van der Waals surface area (Å²) in [5.41, 5.74) is 1.62. The summed E-state index contributed by atoms with van der Waals surface area (Å²) < 4.78 is 0. The Morgan fingerprint density at radius 2 is 2.11 bits per heavy atom. The summed E-state index contributed by atoms with van der Waals surface area (Å²) in [6, 6.07) is 7.52.